The van der Waals surface area contributed by atoms with Crippen molar-refractivity contribution in [3.8, 4) is 5.88 Å². The molecule has 16 heavy (non-hydrogen) atoms. The molecule has 0 aliphatic rings. The average Bonchev–Trinajstić information content (AvgIpc) is 2.25. The molecule has 1 heterocycles. The van der Waals surface area contributed by atoms with Gasteiger partial charge in [0.1, 0.15) is 5.82 Å². The van der Waals surface area contributed by atoms with E-state index in [1.54, 1.807) is 13.2 Å². The summed E-state index contributed by atoms with van der Waals surface area (Å²) in [5, 5.41) is 3.27. The number of methoxy groups -OCH3 is 1. The van der Waals surface area contributed by atoms with Crippen LogP contribution in [0, 0.1) is 0 Å². The van der Waals surface area contributed by atoms with Crippen molar-refractivity contribution in [1.82, 2.24) is 9.97 Å². The fourth-order valence-electron chi connectivity index (χ4n) is 1.24. The fourth-order valence-corrected chi connectivity index (χ4v) is 1.83. The van der Waals surface area contributed by atoms with Crippen molar-refractivity contribution in [3.63, 3.8) is 0 Å². The zero-order valence-electron chi connectivity index (χ0n) is 9.86. The van der Waals surface area contributed by atoms with Gasteiger partial charge >= 0.3 is 0 Å². The molecule has 0 radical (unpaired) electrons. The molecule has 1 aromatic rings. The first-order chi connectivity index (χ1) is 7.65. The van der Waals surface area contributed by atoms with Crippen LogP contribution in [0.2, 0.25) is 0 Å². The van der Waals surface area contributed by atoms with Crippen LogP contribution in [0.3, 0.4) is 0 Å². The Kier molecular flexibility index (Phi) is 5.18. The first-order valence-corrected chi connectivity index (χ1v) is 6.49. The molecule has 1 unspecified atom stereocenters. The molecule has 1 rings (SSSR count). The highest BCUT2D eigenvalue weighted by molar-refractivity contribution is 7.98. The topological polar surface area (TPSA) is 73.1 Å². The van der Waals surface area contributed by atoms with Gasteiger partial charge in [0.2, 0.25) is 11.8 Å². The van der Waals surface area contributed by atoms with E-state index in [2.05, 4.69) is 28.5 Å². The van der Waals surface area contributed by atoms with Crippen LogP contribution in [0.25, 0.3) is 0 Å². The van der Waals surface area contributed by atoms with E-state index in [1.807, 2.05) is 11.8 Å². The van der Waals surface area contributed by atoms with E-state index < -0.39 is 0 Å². The number of ether oxygens (including phenoxy) is 1. The molecule has 0 saturated heterocycles. The number of nitrogens with two attached hydrogens (primary N) is 1. The molecule has 0 aliphatic heterocycles. The number of nitrogens with zero attached hydrogens (tertiary/aromatic N) is 2. The number of aromatic nitrogens is 2. The molecule has 0 amide bonds. The second-order valence-corrected chi connectivity index (χ2v) is 4.47. The van der Waals surface area contributed by atoms with Crippen LogP contribution in [-0.2, 0) is 0 Å². The van der Waals surface area contributed by atoms with Gasteiger partial charge in [-0.2, -0.15) is 21.7 Å². The van der Waals surface area contributed by atoms with Gasteiger partial charge in [0.05, 0.1) is 7.11 Å². The van der Waals surface area contributed by atoms with Gasteiger partial charge in [0.15, 0.2) is 0 Å². The maximum absolute atomic E-state index is 5.56. The van der Waals surface area contributed by atoms with Gasteiger partial charge in [-0.15, -0.1) is 0 Å². The Balaban J connectivity index is 2.61. The molecule has 0 fully saturated rings. The van der Waals surface area contributed by atoms with Crippen molar-refractivity contribution < 1.29 is 4.74 Å². The minimum atomic E-state index is 0.221. The second-order valence-electron chi connectivity index (χ2n) is 3.48. The summed E-state index contributed by atoms with van der Waals surface area (Å²) in [6, 6.07) is 2.10. The van der Waals surface area contributed by atoms with Crippen molar-refractivity contribution in [2.75, 3.05) is 30.2 Å². The Morgan fingerprint density at radius 1 is 1.56 bits per heavy atom. The number of hydrogen-bond donors (Lipinski definition) is 2. The summed E-state index contributed by atoms with van der Waals surface area (Å²) >= 11 is 1.83. The maximum Gasteiger partial charge on any atom is 0.225 e. The lowest BCUT2D eigenvalue weighted by molar-refractivity contribution is 0.398. The largest absolute Gasteiger partial charge is 0.481 e. The van der Waals surface area contributed by atoms with E-state index in [-0.39, 0.29) is 5.95 Å². The number of nitrogens with one attached hydrogen (secondary N) is 1. The maximum atomic E-state index is 5.56. The highest BCUT2D eigenvalue weighted by atomic mass is 32.2. The highest BCUT2D eigenvalue weighted by Gasteiger charge is 2.06. The summed E-state index contributed by atoms with van der Waals surface area (Å²) in [4.78, 5) is 8.02. The van der Waals surface area contributed by atoms with Gasteiger partial charge in [-0.1, -0.05) is 0 Å². The highest BCUT2D eigenvalue weighted by Crippen LogP contribution is 2.15. The van der Waals surface area contributed by atoms with Crippen LogP contribution in [0.5, 0.6) is 5.88 Å². The van der Waals surface area contributed by atoms with E-state index in [0.717, 1.165) is 12.2 Å². The predicted molar refractivity (Wildman–Crippen MR) is 69.1 cm³/mol. The van der Waals surface area contributed by atoms with Gasteiger partial charge in [-0.3, -0.25) is 0 Å². The molecule has 0 aromatic carbocycles. The minimum Gasteiger partial charge on any atom is -0.481 e. The third-order valence-electron chi connectivity index (χ3n) is 2.08. The average molecular weight is 242 g/mol. The lowest BCUT2D eigenvalue weighted by atomic mass is 10.2. The smallest absolute Gasteiger partial charge is 0.225 e. The molecule has 0 bridgehead atoms. The van der Waals surface area contributed by atoms with Crippen LogP contribution in [0.15, 0.2) is 6.07 Å². The number of thioether (sulfide) groups is 1. The summed E-state index contributed by atoms with van der Waals surface area (Å²) in [5.41, 5.74) is 5.56. The van der Waals surface area contributed by atoms with Crippen LogP contribution in [0.1, 0.15) is 13.3 Å². The van der Waals surface area contributed by atoms with Crippen molar-refractivity contribution in [2.24, 2.45) is 0 Å². The molecule has 6 heteroatoms. The van der Waals surface area contributed by atoms with E-state index >= 15 is 0 Å². The van der Waals surface area contributed by atoms with Crippen molar-refractivity contribution in [2.45, 2.75) is 19.4 Å². The summed E-state index contributed by atoms with van der Waals surface area (Å²) in [6.45, 7) is 2.11. The van der Waals surface area contributed by atoms with Crippen LogP contribution in [0.4, 0.5) is 11.8 Å². The van der Waals surface area contributed by atoms with Gasteiger partial charge in [-0.25, -0.2) is 0 Å². The number of rotatable bonds is 6. The molecule has 0 saturated carbocycles. The molecule has 0 spiro atoms. The molecule has 90 valence electrons. The third-order valence-corrected chi connectivity index (χ3v) is 2.72. The molecule has 1 aromatic heterocycles. The quantitative estimate of drug-likeness (QED) is 0.789. The standard InChI is InChI=1S/C10H18N4OS/c1-7(4-5-16-3)12-8-6-9(15-2)14-10(11)13-8/h6-7H,4-5H2,1-3H3,(H3,11,12,13,14). The van der Waals surface area contributed by atoms with Crippen LogP contribution < -0.4 is 15.8 Å². The monoisotopic (exact) mass is 242 g/mol. The molecule has 0 aliphatic carbocycles. The van der Waals surface area contributed by atoms with E-state index in [1.165, 1.54) is 0 Å². The van der Waals surface area contributed by atoms with Gasteiger partial charge in [0, 0.05) is 12.1 Å². The summed E-state index contributed by atoms with van der Waals surface area (Å²) < 4.78 is 5.02. The van der Waals surface area contributed by atoms with Gasteiger partial charge in [-0.05, 0) is 25.4 Å². The Morgan fingerprint density at radius 3 is 2.94 bits per heavy atom. The summed E-state index contributed by atoms with van der Waals surface area (Å²) in [6.07, 6.45) is 3.17. The van der Waals surface area contributed by atoms with Crippen molar-refractivity contribution >= 4 is 23.5 Å². The van der Waals surface area contributed by atoms with E-state index in [4.69, 9.17) is 10.5 Å². The molecular formula is C10H18N4OS. The number of nitrogen functional groups attached to an aromatic ring is 1. The first-order valence-electron chi connectivity index (χ1n) is 5.09. The zero-order valence-corrected chi connectivity index (χ0v) is 10.7. The van der Waals surface area contributed by atoms with E-state index in [0.29, 0.717) is 17.7 Å². The zero-order chi connectivity index (χ0) is 12.0. The van der Waals surface area contributed by atoms with Crippen LogP contribution >= 0.6 is 11.8 Å². The van der Waals surface area contributed by atoms with E-state index in [9.17, 15) is 0 Å². The second kappa shape index (κ2) is 6.42. The SMILES string of the molecule is COc1cc(NC(C)CCSC)nc(N)n1. The lowest BCUT2D eigenvalue weighted by Crippen LogP contribution is -2.17. The minimum absolute atomic E-state index is 0.221. The summed E-state index contributed by atoms with van der Waals surface area (Å²) in [5.74, 6) is 2.52. The lowest BCUT2D eigenvalue weighted by Gasteiger charge is -2.14. The van der Waals surface area contributed by atoms with Gasteiger partial charge in [0.25, 0.3) is 0 Å². The van der Waals surface area contributed by atoms with Crippen LogP contribution in [-0.4, -0.2) is 35.1 Å². The predicted octanol–water partition coefficient (Wildman–Crippen LogP) is 1.62. The molecule has 1 atom stereocenters. The molecule has 3 N–H and O–H groups in total. The van der Waals surface area contributed by atoms with Crippen molar-refractivity contribution in [1.29, 1.82) is 0 Å². The Hall–Kier alpha value is -1.17. The Bertz CT molecular complexity index is 335. The molecular weight excluding hydrogens is 224 g/mol. The van der Waals surface area contributed by atoms with Gasteiger partial charge < -0.3 is 15.8 Å². The number of hydrogen-bond acceptors (Lipinski definition) is 6. The fraction of sp³-hybridized carbons (Fsp3) is 0.600. The number of anilines is 2. The Labute approximate surface area is 100 Å². The molecule has 5 nitrogen and oxygen atoms in total. The third kappa shape index (κ3) is 4.14. The first kappa shape index (κ1) is 12.9. The Morgan fingerprint density at radius 2 is 2.31 bits per heavy atom. The normalized spacial score (nSPS) is 12.2. The summed E-state index contributed by atoms with van der Waals surface area (Å²) in [7, 11) is 1.56. The van der Waals surface area contributed by atoms with Crippen molar-refractivity contribution in [3.05, 3.63) is 6.07 Å².